The van der Waals surface area contributed by atoms with Crippen LogP contribution in [0.15, 0.2) is 54.3 Å². The zero-order valence-electron chi connectivity index (χ0n) is 17.9. The molecule has 0 unspecified atom stereocenters. The van der Waals surface area contributed by atoms with Crippen LogP contribution in [-0.4, -0.2) is 56.1 Å². The van der Waals surface area contributed by atoms with E-state index in [4.69, 9.17) is 4.98 Å². The molecule has 0 aliphatic rings. The third-order valence-electron chi connectivity index (χ3n) is 5.43. The number of rotatable bonds is 8. The van der Waals surface area contributed by atoms with Crippen molar-refractivity contribution in [1.82, 2.24) is 29.8 Å². The average Bonchev–Trinajstić information content (AvgIpc) is 3.48. The Morgan fingerprint density at radius 3 is 2.81 bits per heavy atom. The molecule has 0 spiro atoms. The number of hydrogen-bond acceptors (Lipinski definition) is 6. The van der Waals surface area contributed by atoms with E-state index >= 15 is 0 Å². The highest BCUT2D eigenvalue weighted by Crippen LogP contribution is 2.27. The minimum atomic E-state index is -0.105. The van der Waals surface area contributed by atoms with E-state index in [2.05, 4.69) is 41.1 Å². The molecule has 160 valence electrons. The predicted molar refractivity (Wildman–Crippen MR) is 124 cm³/mol. The van der Waals surface area contributed by atoms with E-state index in [0.717, 1.165) is 29.2 Å². The van der Waals surface area contributed by atoms with Crippen molar-refractivity contribution in [2.75, 3.05) is 19.6 Å². The number of fused-ring (bicyclic) bond motifs is 1. The number of amides is 1. The molecule has 8 heteroatoms. The number of thiophene rings is 1. The molecule has 0 aliphatic carbocycles. The summed E-state index contributed by atoms with van der Waals surface area (Å²) in [5, 5.41) is 9.47. The molecule has 0 aromatic carbocycles. The molecule has 0 radical (unpaired) electrons. The lowest BCUT2D eigenvalue weighted by Crippen LogP contribution is -2.42. The van der Waals surface area contributed by atoms with Crippen molar-refractivity contribution in [1.29, 1.82) is 0 Å². The number of nitrogens with zero attached hydrogens (tertiary/aromatic N) is 5. The van der Waals surface area contributed by atoms with Crippen LogP contribution in [0.2, 0.25) is 0 Å². The molecule has 0 fully saturated rings. The molecule has 0 aliphatic heterocycles. The first kappa shape index (κ1) is 21.1. The lowest BCUT2D eigenvalue weighted by molar-refractivity contribution is 0.0938. The van der Waals surface area contributed by atoms with Crippen LogP contribution in [0.1, 0.15) is 31.1 Å². The van der Waals surface area contributed by atoms with Crippen molar-refractivity contribution >= 4 is 22.9 Å². The summed E-state index contributed by atoms with van der Waals surface area (Å²) in [4.78, 5) is 25.4. The zero-order chi connectivity index (χ0) is 21.8. The second-order valence-corrected chi connectivity index (χ2v) is 8.27. The first-order valence-electron chi connectivity index (χ1n) is 10.5. The molecule has 1 amide bonds. The van der Waals surface area contributed by atoms with Gasteiger partial charge in [-0.2, -0.15) is 5.10 Å². The summed E-state index contributed by atoms with van der Waals surface area (Å²) in [5.41, 5.74) is 3.65. The molecule has 4 aromatic rings. The minimum Gasteiger partial charge on any atom is -0.350 e. The maximum Gasteiger partial charge on any atom is 0.251 e. The number of aromatic nitrogens is 4. The van der Waals surface area contributed by atoms with E-state index in [0.29, 0.717) is 23.4 Å². The maximum absolute atomic E-state index is 12.8. The topological polar surface area (TPSA) is 75.4 Å². The molecular formula is C23H26N6OS. The summed E-state index contributed by atoms with van der Waals surface area (Å²) < 4.78 is 1.73. The Labute approximate surface area is 185 Å². The fourth-order valence-corrected chi connectivity index (χ4v) is 4.34. The Bertz CT molecular complexity index is 1170. The molecule has 1 atom stereocenters. The zero-order valence-corrected chi connectivity index (χ0v) is 18.8. The fourth-order valence-electron chi connectivity index (χ4n) is 3.65. The van der Waals surface area contributed by atoms with Crippen LogP contribution in [-0.2, 0) is 0 Å². The van der Waals surface area contributed by atoms with Gasteiger partial charge in [0.25, 0.3) is 5.91 Å². The van der Waals surface area contributed by atoms with Gasteiger partial charge in [-0.15, -0.1) is 11.3 Å². The minimum absolute atomic E-state index is 0.105. The Morgan fingerprint density at radius 2 is 2.06 bits per heavy atom. The van der Waals surface area contributed by atoms with Crippen molar-refractivity contribution in [3.05, 3.63) is 59.9 Å². The molecule has 4 aromatic heterocycles. The highest BCUT2D eigenvalue weighted by atomic mass is 32.1. The third kappa shape index (κ3) is 4.50. The van der Waals surface area contributed by atoms with Crippen molar-refractivity contribution in [2.24, 2.45) is 0 Å². The molecule has 0 saturated heterocycles. The molecule has 7 nitrogen and oxygen atoms in total. The molecule has 4 heterocycles. The number of pyridine rings is 1. The van der Waals surface area contributed by atoms with Gasteiger partial charge in [-0.05, 0) is 49.7 Å². The van der Waals surface area contributed by atoms with Crippen LogP contribution in [0.25, 0.3) is 27.5 Å². The Hall–Kier alpha value is -3.10. The second kappa shape index (κ2) is 9.36. The van der Waals surface area contributed by atoms with Crippen LogP contribution in [0.4, 0.5) is 0 Å². The van der Waals surface area contributed by atoms with E-state index in [-0.39, 0.29) is 11.9 Å². The summed E-state index contributed by atoms with van der Waals surface area (Å²) in [5.74, 6) is -0.105. The quantitative estimate of drug-likeness (QED) is 0.454. The number of likely N-dealkylation sites (N-methyl/N-ethyl adjacent to an activating group) is 1. The van der Waals surface area contributed by atoms with Gasteiger partial charge in [-0.25, -0.2) is 9.50 Å². The maximum atomic E-state index is 12.8. The van der Waals surface area contributed by atoms with Gasteiger partial charge in [-0.3, -0.25) is 14.7 Å². The number of hydrogen-bond donors (Lipinski definition) is 1. The van der Waals surface area contributed by atoms with E-state index < -0.39 is 0 Å². The van der Waals surface area contributed by atoms with Crippen molar-refractivity contribution < 1.29 is 4.79 Å². The van der Waals surface area contributed by atoms with Crippen molar-refractivity contribution in [2.45, 2.75) is 26.8 Å². The van der Waals surface area contributed by atoms with Crippen molar-refractivity contribution in [3.63, 3.8) is 0 Å². The fraction of sp³-hybridized carbons (Fsp3) is 0.304. The highest BCUT2D eigenvalue weighted by molar-refractivity contribution is 7.13. The molecule has 0 bridgehead atoms. The van der Waals surface area contributed by atoms with Gasteiger partial charge in [0, 0.05) is 30.5 Å². The van der Waals surface area contributed by atoms with Crippen LogP contribution in [0, 0.1) is 0 Å². The van der Waals surface area contributed by atoms with E-state index in [1.165, 1.54) is 0 Å². The van der Waals surface area contributed by atoms with Gasteiger partial charge < -0.3 is 5.32 Å². The molecule has 1 N–H and O–H groups in total. The SMILES string of the molecule is CCN(CC)[C@H](C)CNC(=O)c1ccnc(-c2cnn3ccc(-c4cccs4)nc23)c1. The molecule has 31 heavy (non-hydrogen) atoms. The van der Waals surface area contributed by atoms with Gasteiger partial charge in [0.05, 0.1) is 28.0 Å². The van der Waals surface area contributed by atoms with Gasteiger partial charge in [0.1, 0.15) is 0 Å². The lowest BCUT2D eigenvalue weighted by Gasteiger charge is -2.26. The Morgan fingerprint density at radius 1 is 1.23 bits per heavy atom. The summed E-state index contributed by atoms with van der Waals surface area (Å²) in [7, 11) is 0. The van der Waals surface area contributed by atoms with Crippen LogP contribution in [0.3, 0.4) is 0 Å². The summed E-state index contributed by atoms with van der Waals surface area (Å²) >= 11 is 1.64. The van der Waals surface area contributed by atoms with Gasteiger partial charge in [0.2, 0.25) is 0 Å². The molecular weight excluding hydrogens is 408 g/mol. The van der Waals surface area contributed by atoms with Gasteiger partial charge in [-0.1, -0.05) is 19.9 Å². The van der Waals surface area contributed by atoms with Gasteiger partial charge in [0.15, 0.2) is 5.65 Å². The van der Waals surface area contributed by atoms with Crippen LogP contribution in [0.5, 0.6) is 0 Å². The first-order chi connectivity index (χ1) is 15.1. The average molecular weight is 435 g/mol. The summed E-state index contributed by atoms with van der Waals surface area (Å²) in [6.45, 7) is 8.90. The van der Waals surface area contributed by atoms with Crippen LogP contribution < -0.4 is 5.32 Å². The number of nitrogens with one attached hydrogen (secondary N) is 1. The van der Waals surface area contributed by atoms with Crippen LogP contribution >= 0.6 is 11.3 Å². The standard InChI is InChI=1S/C23H26N6OS/c1-4-28(5-2)16(3)14-25-23(30)17-8-10-24-20(13-17)18-15-26-29-11-9-19(27-22(18)29)21-7-6-12-31-21/h6-13,15-16H,4-5,14H2,1-3H3,(H,25,30)/t16-/m1/s1. The summed E-state index contributed by atoms with van der Waals surface area (Å²) in [6.07, 6.45) is 5.30. The van der Waals surface area contributed by atoms with Crippen molar-refractivity contribution in [3.8, 4) is 21.8 Å². The largest absolute Gasteiger partial charge is 0.350 e. The number of carbonyl (C=O) groups excluding carboxylic acids is 1. The normalized spacial score (nSPS) is 12.4. The molecule has 0 saturated carbocycles. The van der Waals surface area contributed by atoms with E-state index in [1.54, 1.807) is 40.4 Å². The highest BCUT2D eigenvalue weighted by Gasteiger charge is 2.15. The lowest BCUT2D eigenvalue weighted by atomic mass is 10.1. The smallest absolute Gasteiger partial charge is 0.251 e. The Balaban J connectivity index is 1.57. The second-order valence-electron chi connectivity index (χ2n) is 7.33. The van der Waals surface area contributed by atoms with E-state index in [9.17, 15) is 4.79 Å². The first-order valence-corrected chi connectivity index (χ1v) is 11.4. The van der Waals surface area contributed by atoms with E-state index in [1.807, 2.05) is 29.8 Å². The predicted octanol–water partition coefficient (Wildman–Crippen LogP) is 3.98. The monoisotopic (exact) mass is 434 g/mol. The summed E-state index contributed by atoms with van der Waals surface area (Å²) in [6, 6.07) is 9.81. The number of carbonyl (C=O) groups is 1. The third-order valence-corrected chi connectivity index (χ3v) is 6.33. The van der Waals surface area contributed by atoms with Gasteiger partial charge >= 0.3 is 0 Å². The molecule has 4 rings (SSSR count). The Kier molecular flexibility index (Phi) is 6.39.